The Hall–Kier alpha value is -1.66. The van der Waals surface area contributed by atoms with Gasteiger partial charge in [-0.05, 0) is 12.5 Å². The number of halogens is 1. The molecule has 0 aliphatic heterocycles. The number of nitrogens with two attached hydrogens (primary N) is 1. The highest BCUT2D eigenvalue weighted by molar-refractivity contribution is 5.93. The zero-order valence-corrected chi connectivity index (χ0v) is 9.94. The Bertz CT molecular complexity index is 436. The van der Waals surface area contributed by atoms with Gasteiger partial charge in [-0.15, -0.1) is 12.4 Å². The molecule has 0 radical (unpaired) electrons. The summed E-state index contributed by atoms with van der Waals surface area (Å²) in [5.41, 5.74) is 5.22. The second-order valence-electron chi connectivity index (χ2n) is 3.32. The van der Waals surface area contributed by atoms with Crippen LogP contribution in [0.4, 0.5) is 5.69 Å². The fourth-order valence-corrected chi connectivity index (χ4v) is 1.46. The molecule has 1 rings (SSSR count). The molecule has 0 saturated carbocycles. The van der Waals surface area contributed by atoms with E-state index in [0.717, 1.165) is 0 Å². The number of nitro groups is 1. The van der Waals surface area contributed by atoms with Crippen LogP contribution in [-0.2, 0) is 0 Å². The molecule has 6 nitrogen and oxygen atoms in total. The molecule has 0 fully saturated rings. The maximum absolute atomic E-state index is 10.9. The van der Waals surface area contributed by atoms with Crippen molar-refractivity contribution in [2.24, 2.45) is 5.73 Å². The Kier molecular flexibility index (Phi) is 5.57. The molecule has 1 aromatic carbocycles. The molecule has 0 aromatic heterocycles. The molecular formula is C10H13ClN2O4. The van der Waals surface area contributed by atoms with Crippen LogP contribution in [0.2, 0.25) is 0 Å². The summed E-state index contributed by atoms with van der Waals surface area (Å²) >= 11 is 0. The monoisotopic (exact) mass is 260 g/mol. The fraction of sp³-hybridized carbons (Fsp3) is 0.300. The van der Waals surface area contributed by atoms with E-state index in [4.69, 9.17) is 10.8 Å². The highest BCUT2D eigenvalue weighted by atomic mass is 35.5. The van der Waals surface area contributed by atoms with E-state index in [1.807, 2.05) is 0 Å². The lowest BCUT2D eigenvalue weighted by Crippen LogP contribution is -2.13. The molecule has 7 heteroatoms. The number of aromatic carboxylic acids is 1. The Balaban J connectivity index is 0.00000256. The molecule has 1 aromatic rings. The van der Waals surface area contributed by atoms with Crippen LogP contribution in [0.15, 0.2) is 18.2 Å². The normalized spacial score (nSPS) is 11.4. The lowest BCUT2D eigenvalue weighted by atomic mass is 10.00. The second kappa shape index (κ2) is 6.17. The van der Waals surface area contributed by atoms with Gasteiger partial charge in [0.15, 0.2) is 0 Å². The second-order valence-corrected chi connectivity index (χ2v) is 3.32. The molecule has 0 spiro atoms. The summed E-state index contributed by atoms with van der Waals surface area (Å²) in [6, 6.07) is 3.62. The average Bonchev–Trinajstić information content (AvgIpc) is 2.26. The van der Waals surface area contributed by atoms with E-state index >= 15 is 0 Å². The SMILES string of the molecule is CCC(N)c1cccc(C(=O)O)c1[N+](=O)[O-].Cl. The molecule has 1 unspecified atom stereocenters. The molecule has 0 bridgehead atoms. The van der Waals surface area contributed by atoms with Crippen molar-refractivity contribution in [3.63, 3.8) is 0 Å². The number of para-hydroxylation sites is 1. The first-order valence-electron chi connectivity index (χ1n) is 4.75. The molecule has 0 aliphatic carbocycles. The number of hydrogen-bond donors (Lipinski definition) is 2. The van der Waals surface area contributed by atoms with Crippen molar-refractivity contribution in [1.29, 1.82) is 0 Å². The molecule has 3 N–H and O–H groups in total. The van der Waals surface area contributed by atoms with Gasteiger partial charge >= 0.3 is 5.97 Å². The molecule has 0 amide bonds. The minimum Gasteiger partial charge on any atom is -0.477 e. The van der Waals surface area contributed by atoms with Crippen LogP contribution in [0.3, 0.4) is 0 Å². The van der Waals surface area contributed by atoms with Crippen molar-refractivity contribution in [2.75, 3.05) is 0 Å². The quantitative estimate of drug-likeness (QED) is 0.637. The van der Waals surface area contributed by atoms with E-state index in [2.05, 4.69) is 0 Å². The summed E-state index contributed by atoms with van der Waals surface area (Å²) in [5, 5.41) is 19.7. The number of carboxylic acid groups (broad SMARTS) is 1. The van der Waals surface area contributed by atoms with Gasteiger partial charge in [0.2, 0.25) is 0 Å². The van der Waals surface area contributed by atoms with Crippen LogP contribution in [0.1, 0.15) is 35.3 Å². The van der Waals surface area contributed by atoms with Gasteiger partial charge in [0.25, 0.3) is 5.69 Å². The number of benzene rings is 1. The van der Waals surface area contributed by atoms with Crippen molar-refractivity contribution in [3.8, 4) is 0 Å². The Morgan fingerprint density at radius 1 is 1.59 bits per heavy atom. The number of nitro benzene ring substituents is 1. The molecular weight excluding hydrogens is 248 g/mol. The van der Waals surface area contributed by atoms with Crippen molar-refractivity contribution < 1.29 is 14.8 Å². The highest BCUT2D eigenvalue weighted by Crippen LogP contribution is 2.29. The lowest BCUT2D eigenvalue weighted by molar-refractivity contribution is -0.386. The molecule has 0 saturated heterocycles. The van der Waals surface area contributed by atoms with Gasteiger partial charge in [-0.2, -0.15) is 0 Å². The summed E-state index contributed by atoms with van der Waals surface area (Å²) in [4.78, 5) is 21.0. The van der Waals surface area contributed by atoms with Crippen LogP contribution >= 0.6 is 12.4 Å². The summed E-state index contributed by atoms with van der Waals surface area (Å²) in [7, 11) is 0. The third-order valence-corrected chi connectivity index (χ3v) is 2.32. The van der Waals surface area contributed by atoms with E-state index < -0.39 is 22.6 Å². The van der Waals surface area contributed by atoms with Crippen LogP contribution in [0.25, 0.3) is 0 Å². The maximum atomic E-state index is 10.9. The van der Waals surface area contributed by atoms with Crippen molar-refractivity contribution in [2.45, 2.75) is 19.4 Å². The minimum atomic E-state index is -1.32. The smallest absolute Gasteiger partial charge is 0.342 e. The largest absolute Gasteiger partial charge is 0.477 e. The first kappa shape index (κ1) is 15.3. The minimum absolute atomic E-state index is 0. The van der Waals surface area contributed by atoms with Crippen LogP contribution < -0.4 is 5.73 Å². The van der Waals surface area contributed by atoms with Crippen molar-refractivity contribution in [3.05, 3.63) is 39.4 Å². The summed E-state index contributed by atoms with van der Waals surface area (Å²) in [5.74, 6) is -1.32. The van der Waals surface area contributed by atoms with E-state index in [1.165, 1.54) is 18.2 Å². The Morgan fingerprint density at radius 2 is 2.18 bits per heavy atom. The molecule has 1 atom stereocenters. The van der Waals surface area contributed by atoms with Gasteiger partial charge in [-0.3, -0.25) is 10.1 Å². The van der Waals surface area contributed by atoms with E-state index in [1.54, 1.807) is 6.92 Å². The van der Waals surface area contributed by atoms with E-state index in [-0.39, 0.29) is 23.5 Å². The standard InChI is InChI=1S/C10H12N2O4.ClH/c1-2-8(11)6-4-3-5-7(10(13)14)9(6)12(15)16;/h3-5,8H,2,11H2,1H3,(H,13,14);1H. The highest BCUT2D eigenvalue weighted by Gasteiger charge is 2.26. The van der Waals surface area contributed by atoms with Crippen molar-refractivity contribution in [1.82, 2.24) is 0 Å². The third-order valence-electron chi connectivity index (χ3n) is 2.32. The molecule has 94 valence electrons. The van der Waals surface area contributed by atoms with Crippen LogP contribution in [-0.4, -0.2) is 16.0 Å². The number of nitrogens with zero attached hydrogens (tertiary/aromatic N) is 1. The van der Waals surface area contributed by atoms with Gasteiger partial charge in [0.1, 0.15) is 5.56 Å². The average molecular weight is 261 g/mol. The van der Waals surface area contributed by atoms with Crippen LogP contribution in [0.5, 0.6) is 0 Å². The zero-order chi connectivity index (χ0) is 12.3. The van der Waals surface area contributed by atoms with Gasteiger partial charge in [-0.25, -0.2) is 4.79 Å². The summed E-state index contributed by atoms with van der Waals surface area (Å²) in [6.07, 6.45) is 0.504. The van der Waals surface area contributed by atoms with Gasteiger partial charge in [-0.1, -0.05) is 19.1 Å². The maximum Gasteiger partial charge on any atom is 0.342 e. The number of carbonyl (C=O) groups is 1. The fourth-order valence-electron chi connectivity index (χ4n) is 1.46. The molecule has 0 heterocycles. The van der Waals surface area contributed by atoms with Gasteiger partial charge in [0, 0.05) is 11.6 Å². The number of rotatable bonds is 4. The van der Waals surface area contributed by atoms with Crippen LogP contribution in [0, 0.1) is 10.1 Å². The summed E-state index contributed by atoms with van der Waals surface area (Å²) in [6.45, 7) is 1.78. The van der Waals surface area contributed by atoms with E-state index in [0.29, 0.717) is 6.42 Å². The predicted octanol–water partition coefficient (Wildman–Crippen LogP) is 2.12. The lowest BCUT2D eigenvalue weighted by Gasteiger charge is -2.10. The third kappa shape index (κ3) is 3.15. The number of hydrogen-bond acceptors (Lipinski definition) is 4. The Labute approximate surface area is 104 Å². The van der Waals surface area contributed by atoms with Gasteiger partial charge < -0.3 is 10.8 Å². The predicted molar refractivity (Wildman–Crippen MR) is 64.5 cm³/mol. The Morgan fingerprint density at radius 3 is 2.59 bits per heavy atom. The first-order valence-corrected chi connectivity index (χ1v) is 4.75. The van der Waals surface area contributed by atoms with Gasteiger partial charge in [0.05, 0.1) is 4.92 Å². The topological polar surface area (TPSA) is 106 Å². The molecule has 0 aliphatic rings. The molecule has 17 heavy (non-hydrogen) atoms. The first-order chi connectivity index (χ1) is 7.49. The zero-order valence-electron chi connectivity index (χ0n) is 9.12. The van der Waals surface area contributed by atoms with E-state index in [9.17, 15) is 14.9 Å². The summed E-state index contributed by atoms with van der Waals surface area (Å²) < 4.78 is 0. The van der Waals surface area contributed by atoms with Crippen molar-refractivity contribution >= 4 is 24.1 Å². The number of carboxylic acids is 1.